The zero-order valence-electron chi connectivity index (χ0n) is 6.16. The number of nitrogens with one attached hydrogen (secondary N) is 1. The predicted octanol–water partition coefficient (Wildman–Crippen LogP) is 4.03. The largest absolute Gasteiger partial charge is 0.341 e. The lowest BCUT2D eigenvalue weighted by Crippen LogP contribution is -2.06. The van der Waals surface area contributed by atoms with E-state index < -0.39 is 3.79 Å². The fraction of sp³-hybridized carbons (Fsp3) is 0.500. The molecule has 1 nitrogen and oxygen atoms in total. The van der Waals surface area contributed by atoms with Crippen molar-refractivity contribution in [2.75, 3.05) is 0 Å². The van der Waals surface area contributed by atoms with Crippen LogP contribution in [0.2, 0.25) is 0 Å². The predicted molar refractivity (Wildman–Crippen MR) is 58.2 cm³/mol. The minimum atomic E-state index is -1.23. The monoisotopic (exact) mass is 261 g/mol. The van der Waals surface area contributed by atoms with Gasteiger partial charge < -0.3 is 4.98 Å². The molecule has 0 spiro atoms. The number of aryl methyl sites for hydroxylation is 1. The van der Waals surface area contributed by atoms with E-state index in [1.807, 2.05) is 6.92 Å². The lowest BCUT2D eigenvalue weighted by Gasteiger charge is -2.08. The number of rotatable bonds is 1. The molecule has 0 amide bonds. The van der Waals surface area contributed by atoms with Crippen LogP contribution >= 0.6 is 58.4 Å². The molecule has 0 aromatic carbocycles. The summed E-state index contributed by atoms with van der Waals surface area (Å²) in [5, 5.41) is 0. The van der Waals surface area contributed by atoms with Crippen LogP contribution in [0.1, 0.15) is 10.6 Å². The third-order valence-corrected chi connectivity index (χ3v) is 3.02. The lowest BCUT2D eigenvalue weighted by atomic mass is 10.3. The van der Waals surface area contributed by atoms with Crippen molar-refractivity contribution in [3.05, 3.63) is 14.5 Å². The summed E-state index contributed by atoms with van der Waals surface area (Å²) in [7, 11) is 0. The maximum absolute atomic E-state index is 5.64. The molecule has 68 valence electrons. The van der Waals surface area contributed by atoms with Gasteiger partial charge in [-0.3, -0.25) is 0 Å². The Kier molecular flexibility index (Phi) is 3.46. The van der Waals surface area contributed by atoms with Gasteiger partial charge in [0, 0.05) is 17.0 Å². The zero-order chi connectivity index (χ0) is 9.35. The van der Waals surface area contributed by atoms with Crippen molar-refractivity contribution in [2.24, 2.45) is 0 Å². The first-order chi connectivity index (χ1) is 5.38. The van der Waals surface area contributed by atoms with E-state index in [1.54, 1.807) is 0 Å². The lowest BCUT2D eigenvalue weighted by molar-refractivity contribution is 1.02. The summed E-state index contributed by atoms with van der Waals surface area (Å²) in [6.07, 6.45) is 0.404. The van der Waals surface area contributed by atoms with E-state index in [2.05, 4.69) is 4.98 Å². The summed E-state index contributed by atoms with van der Waals surface area (Å²) in [6, 6.07) is 0. The molecule has 0 bridgehead atoms. The highest BCUT2D eigenvalue weighted by molar-refractivity contribution is 7.73. The summed E-state index contributed by atoms with van der Waals surface area (Å²) in [5.41, 5.74) is 0.983. The van der Waals surface area contributed by atoms with Crippen molar-refractivity contribution in [2.45, 2.75) is 17.1 Å². The van der Waals surface area contributed by atoms with Crippen LogP contribution in [0.4, 0.5) is 0 Å². The van der Waals surface area contributed by atoms with Gasteiger partial charge in [0.15, 0.2) is 7.75 Å². The molecule has 6 heteroatoms. The van der Waals surface area contributed by atoms with Crippen molar-refractivity contribution in [3.8, 4) is 0 Å². The Labute approximate surface area is 94.7 Å². The molecule has 0 aliphatic rings. The van der Waals surface area contributed by atoms with E-state index in [1.165, 1.54) is 11.3 Å². The number of thiazole rings is 1. The van der Waals surface area contributed by atoms with Crippen molar-refractivity contribution < 1.29 is 0 Å². The van der Waals surface area contributed by atoms with E-state index in [9.17, 15) is 0 Å². The van der Waals surface area contributed by atoms with Gasteiger partial charge in [-0.25, -0.2) is 0 Å². The second kappa shape index (κ2) is 3.84. The van der Waals surface area contributed by atoms with Crippen LogP contribution in [0.15, 0.2) is 0 Å². The molecule has 12 heavy (non-hydrogen) atoms. The van der Waals surface area contributed by atoms with Gasteiger partial charge in [0.05, 0.1) is 0 Å². The van der Waals surface area contributed by atoms with Crippen molar-refractivity contribution in [3.63, 3.8) is 0 Å². The van der Waals surface area contributed by atoms with Crippen LogP contribution in [0, 0.1) is 10.9 Å². The van der Waals surface area contributed by atoms with Crippen LogP contribution in [-0.4, -0.2) is 8.78 Å². The van der Waals surface area contributed by atoms with Gasteiger partial charge in [0.2, 0.25) is 0 Å². The maximum atomic E-state index is 5.64. The topological polar surface area (TPSA) is 15.8 Å². The van der Waals surface area contributed by atoms with Gasteiger partial charge in [-0.15, -0.1) is 11.3 Å². The Balaban J connectivity index is 2.90. The summed E-state index contributed by atoms with van der Waals surface area (Å²) < 4.78 is -0.512. The Morgan fingerprint density at radius 3 is 2.42 bits per heavy atom. The molecule has 0 saturated carbocycles. The number of alkyl halides is 3. The van der Waals surface area contributed by atoms with Gasteiger partial charge >= 0.3 is 0 Å². The molecule has 0 aliphatic carbocycles. The number of hydrogen-bond acceptors (Lipinski definition) is 2. The quantitative estimate of drug-likeness (QED) is 0.597. The molecule has 0 unspecified atom stereocenters. The molecule has 1 heterocycles. The molecule has 0 fully saturated rings. The zero-order valence-corrected chi connectivity index (χ0v) is 10.1. The van der Waals surface area contributed by atoms with Crippen molar-refractivity contribution in [1.29, 1.82) is 0 Å². The van der Waals surface area contributed by atoms with Gasteiger partial charge in [-0.2, -0.15) is 0 Å². The first kappa shape index (κ1) is 10.8. The average Bonchev–Trinajstić information content (AvgIpc) is 2.06. The number of hydrogen-bond donors (Lipinski definition) is 1. The highest BCUT2D eigenvalue weighted by Gasteiger charge is 2.22. The van der Waals surface area contributed by atoms with Crippen LogP contribution in [0.3, 0.4) is 0 Å². The van der Waals surface area contributed by atoms with Gasteiger partial charge in [-0.1, -0.05) is 34.8 Å². The first-order valence-electron chi connectivity index (χ1n) is 3.14. The van der Waals surface area contributed by atoms with E-state index in [0.717, 1.165) is 14.5 Å². The van der Waals surface area contributed by atoms with Crippen LogP contribution in [0.25, 0.3) is 0 Å². The van der Waals surface area contributed by atoms with Crippen LogP contribution in [0.5, 0.6) is 0 Å². The van der Waals surface area contributed by atoms with Gasteiger partial charge in [-0.05, 0) is 19.1 Å². The number of aromatic amines is 1. The molecule has 1 aromatic rings. The Bertz CT molecular complexity index is 322. The third-order valence-electron chi connectivity index (χ3n) is 1.28. The Morgan fingerprint density at radius 1 is 1.50 bits per heavy atom. The molecule has 1 aromatic heterocycles. The molecule has 1 N–H and O–H groups in total. The van der Waals surface area contributed by atoms with Crippen molar-refractivity contribution >= 4 is 58.4 Å². The highest BCUT2D eigenvalue weighted by atomic mass is 35.6. The summed E-state index contributed by atoms with van der Waals surface area (Å²) >= 11 is 23.3. The fourth-order valence-corrected chi connectivity index (χ4v) is 2.80. The molecule has 0 aliphatic heterocycles. The van der Waals surface area contributed by atoms with E-state index in [-0.39, 0.29) is 0 Å². The van der Waals surface area contributed by atoms with Crippen LogP contribution < -0.4 is 0 Å². The highest BCUT2D eigenvalue weighted by Crippen LogP contribution is 2.32. The molecule has 0 saturated heterocycles. The SMILES string of the molecule is Cc1[nH]c(=S)sc1CC(Cl)(Cl)Cl. The number of halogens is 3. The second-order valence-electron chi connectivity index (χ2n) is 2.35. The molecule has 0 radical (unpaired) electrons. The molecular formula is C6H6Cl3NS2. The van der Waals surface area contributed by atoms with Crippen LogP contribution in [-0.2, 0) is 6.42 Å². The smallest absolute Gasteiger partial charge is 0.195 e. The molecule has 1 rings (SSSR count). The third kappa shape index (κ3) is 3.23. The first-order valence-corrected chi connectivity index (χ1v) is 5.50. The minimum Gasteiger partial charge on any atom is -0.341 e. The average molecular weight is 263 g/mol. The standard InChI is InChI=1S/C6H6Cl3NS2/c1-3-4(2-6(7,8)9)12-5(11)10-3/h2H2,1H3,(H,10,11). The summed E-state index contributed by atoms with van der Waals surface area (Å²) in [4.78, 5) is 3.99. The molecular weight excluding hydrogens is 257 g/mol. The number of aromatic nitrogens is 1. The second-order valence-corrected chi connectivity index (χ2v) is 6.64. The molecule has 0 atom stereocenters. The van der Waals surface area contributed by atoms with E-state index in [0.29, 0.717) is 6.42 Å². The van der Waals surface area contributed by atoms with Gasteiger partial charge in [0.1, 0.15) is 0 Å². The number of H-pyrrole nitrogens is 1. The van der Waals surface area contributed by atoms with E-state index in [4.69, 9.17) is 47.0 Å². The van der Waals surface area contributed by atoms with E-state index >= 15 is 0 Å². The summed E-state index contributed by atoms with van der Waals surface area (Å²) in [5.74, 6) is 0. The fourth-order valence-electron chi connectivity index (χ4n) is 0.787. The Hall–Kier alpha value is 0.720. The normalized spacial score (nSPS) is 12.0. The summed E-state index contributed by atoms with van der Waals surface area (Å²) in [6.45, 7) is 1.91. The maximum Gasteiger partial charge on any atom is 0.195 e. The van der Waals surface area contributed by atoms with Gasteiger partial charge in [0.25, 0.3) is 0 Å². The van der Waals surface area contributed by atoms with Crippen molar-refractivity contribution in [1.82, 2.24) is 4.98 Å². The minimum absolute atomic E-state index is 0.404. The Morgan fingerprint density at radius 2 is 2.08 bits per heavy atom.